The minimum atomic E-state index is -0.249. The molecule has 0 unspecified atom stereocenters. The quantitative estimate of drug-likeness (QED) is 0.466. The predicted octanol–water partition coefficient (Wildman–Crippen LogP) is 4.75. The number of hydrogen-bond donors (Lipinski definition) is 2. The highest BCUT2D eigenvalue weighted by Crippen LogP contribution is 2.28. The number of benzene rings is 2. The van der Waals surface area contributed by atoms with Crippen LogP contribution in [-0.4, -0.2) is 27.6 Å². The maximum atomic E-state index is 13.1. The standard InChI is InChI=1S/C24H20N4O2S/c29-23(25-18-12-13-18)16-8-10-17(11-9-16)26-24(30)20-15-28(19-5-2-1-3-6-19)27-22(20)21-7-4-14-31-21/h1-11,14-15,18H,12-13H2,(H,25,29)(H,26,30). The van der Waals surface area contributed by atoms with Gasteiger partial charge in [-0.3, -0.25) is 9.59 Å². The van der Waals surface area contributed by atoms with Gasteiger partial charge in [0.25, 0.3) is 11.8 Å². The molecule has 5 rings (SSSR count). The van der Waals surface area contributed by atoms with Crippen molar-refractivity contribution >= 4 is 28.8 Å². The Morgan fingerprint density at radius 3 is 2.39 bits per heavy atom. The van der Waals surface area contributed by atoms with Crippen LogP contribution in [0.2, 0.25) is 0 Å². The van der Waals surface area contributed by atoms with Gasteiger partial charge in [-0.15, -0.1) is 11.3 Å². The van der Waals surface area contributed by atoms with Crippen LogP contribution in [0.4, 0.5) is 5.69 Å². The number of thiophene rings is 1. The minimum absolute atomic E-state index is 0.0792. The number of rotatable bonds is 6. The summed E-state index contributed by atoms with van der Waals surface area (Å²) < 4.78 is 1.72. The highest BCUT2D eigenvalue weighted by atomic mass is 32.1. The van der Waals surface area contributed by atoms with Gasteiger partial charge < -0.3 is 10.6 Å². The number of aromatic nitrogens is 2. The van der Waals surface area contributed by atoms with Crippen molar-refractivity contribution in [1.82, 2.24) is 15.1 Å². The fraction of sp³-hybridized carbons (Fsp3) is 0.125. The van der Waals surface area contributed by atoms with E-state index in [0.717, 1.165) is 23.4 Å². The number of carbonyl (C=O) groups is 2. The molecule has 0 aliphatic heterocycles. The van der Waals surface area contributed by atoms with E-state index in [1.807, 2.05) is 47.8 Å². The van der Waals surface area contributed by atoms with E-state index in [4.69, 9.17) is 0 Å². The first-order valence-electron chi connectivity index (χ1n) is 10.1. The number of amides is 2. The predicted molar refractivity (Wildman–Crippen MR) is 122 cm³/mol. The van der Waals surface area contributed by atoms with Crippen molar-refractivity contribution in [3.8, 4) is 16.3 Å². The molecule has 0 radical (unpaired) electrons. The van der Waals surface area contributed by atoms with E-state index in [9.17, 15) is 9.59 Å². The highest BCUT2D eigenvalue weighted by Gasteiger charge is 2.24. The average molecular weight is 429 g/mol. The van der Waals surface area contributed by atoms with Crippen molar-refractivity contribution in [2.75, 3.05) is 5.32 Å². The summed E-state index contributed by atoms with van der Waals surface area (Å²) >= 11 is 1.54. The summed E-state index contributed by atoms with van der Waals surface area (Å²) in [6.07, 6.45) is 3.84. The van der Waals surface area contributed by atoms with Gasteiger partial charge in [-0.1, -0.05) is 24.3 Å². The second kappa shape index (κ2) is 8.20. The Hall–Kier alpha value is -3.71. The number of carbonyl (C=O) groups excluding carboxylic acids is 2. The number of nitrogens with zero attached hydrogens (tertiary/aromatic N) is 2. The molecule has 0 saturated heterocycles. The van der Waals surface area contributed by atoms with E-state index in [1.165, 1.54) is 11.3 Å². The van der Waals surface area contributed by atoms with Crippen molar-refractivity contribution < 1.29 is 9.59 Å². The molecule has 2 aromatic heterocycles. The Morgan fingerprint density at radius 2 is 1.71 bits per heavy atom. The van der Waals surface area contributed by atoms with E-state index >= 15 is 0 Å². The Morgan fingerprint density at radius 1 is 0.935 bits per heavy atom. The lowest BCUT2D eigenvalue weighted by Gasteiger charge is -2.07. The highest BCUT2D eigenvalue weighted by molar-refractivity contribution is 7.13. The van der Waals surface area contributed by atoms with E-state index in [-0.39, 0.29) is 11.8 Å². The number of anilines is 1. The third-order valence-corrected chi connectivity index (χ3v) is 5.93. The molecule has 6 nitrogen and oxygen atoms in total. The molecule has 0 bridgehead atoms. The summed E-state index contributed by atoms with van der Waals surface area (Å²) in [6.45, 7) is 0. The molecular weight excluding hydrogens is 408 g/mol. The van der Waals surface area contributed by atoms with E-state index < -0.39 is 0 Å². The Kier molecular flexibility index (Phi) is 5.09. The minimum Gasteiger partial charge on any atom is -0.349 e. The van der Waals surface area contributed by atoms with E-state index in [2.05, 4.69) is 15.7 Å². The lowest BCUT2D eigenvalue weighted by atomic mass is 10.1. The van der Waals surface area contributed by atoms with Gasteiger partial charge in [-0.05, 0) is 60.7 Å². The van der Waals surface area contributed by atoms with Crippen molar-refractivity contribution in [2.45, 2.75) is 18.9 Å². The van der Waals surface area contributed by atoms with Crippen LogP contribution < -0.4 is 10.6 Å². The SMILES string of the molecule is O=C(NC1CC1)c1ccc(NC(=O)c2cn(-c3ccccc3)nc2-c2cccs2)cc1. The summed E-state index contributed by atoms with van der Waals surface area (Å²) in [5, 5.41) is 12.5. The van der Waals surface area contributed by atoms with Gasteiger partial charge in [0.05, 0.1) is 16.1 Å². The normalized spacial score (nSPS) is 13.0. The Balaban J connectivity index is 1.39. The zero-order valence-electron chi connectivity index (χ0n) is 16.6. The Bertz CT molecular complexity index is 1210. The first kappa shape index (κ1) is 19.3. The summed E-state index contributed by atoms with van der Waals surface area (Å²) in [5.41, 5.74) is 3.21. The van der Waals surface area contributed by atoms with Gasteiger partial charge in [-0.2, -0.15) is 5.10 Å². The van der Waals surface area contributed by atoms with Crippen LogP contribution >= 0.6 is 11.3 Å². The van der Waals surface area contributed by atoms with Gasteiger partial charge in [-0.25, -0.2) is 4.68 Å². The topological polar surface area (TPSA) is 76.0 Å². The van der Waals surface area contributed by atoms with Gasteiger partial charge in [0, 0.05) is 23.5 Å². The molecule has 2 heterocycles. The largest absolute Gasteiger partial charge is 0.349 e. The molecule has 2 N–H and O–H groups in total. The average Bonchev–Trinajstić information content (AvgIpc) is 3.27. The summed E-state index contributed by atoms with van der Waals surface area (Å²) in [7, 11) is 0. The molecule has 0 atom stereocenters. The zero-order valence-corrected chi connectivity index (χ0v) is 17.4. The lowest BCUT2D eigenvalue weighted by Crippen LogP contribution is -2.25. The molecular formula is C24H20N4O2S. The number of para-hydroxylation sites is 1. The van der Waals surface area contributed by atoms with Gasteiger partial charge in [0.1, 0.15) is 5.69 Å². The number of nitrogens with one attached hydrogen (secondary N) is 2. The second-order valence-corrected chi connectivity index (χ2v) is 8.38. The zero-order chi connectivity index (χ0) is 21.2. The van der Waals surface area contributed by atoms with Crippen molar-refractivity contribution in [3.63, 3.8) is 0 Å². The maximum absolute atomic E-state index is 13.1. The molecule has 31 heavy (non-hydrogen) atoms. The van der Waals surface area contributed by atoms with E-state index in [1.54, 1.807) is 35.1 Å². The monoisotopic (exact) mass is 428 g/mol. The molecule has 2 amide bonds. The molecule has 7 heteroatoms. The van der Waals surface area contributed by atoms with Gasteiger partial charge in [0.2, 0.25) is 0 Å². The first-order chi connectivity index (χ1) is 15.2. The summed E-state index contributed by atoms with van der Waals surface area (Å²) in [5.74, 6) is -0.328. The number of hydrogen-bond acceptors (Lipinski definition) is 4. The summed E-state index contributed by atoms with van der Waals surface area (Å²) in [4.78, 5) is 26.2. The smallest absolute Gasteiger partial charge is 0.259 e. The molecule has 1 fully saturated rings. The first-order valence-corrected chi connectivity index (χ1v) is 11.0. The van der Waals surface area contributed by atoms with Crippen LogP contribution in [0.1, 0.15) is 33.6 Å². The van der Waals surface area contributed by atoms with Crippen LogP contribution in [0.25, 0.3) is 16.3 Å². The van der Waals surface area contributed by atoms with Crippen molar-refractivity contribution in [1.29, 1.82) is 0 Å². The van der Waals surface area contributed by atoms with E-state index in [0.29, 0.717) is 28.6 Å². The third kappa shape index (κ3) is 4.27. The molecule has 1 saturated carbocycles. The van der Waals surface area contributed by atoms with Crippen molar-refractivity contribution in [2.24, 2.45) is 0 Å². The summed E-state index contributed by atoms with van der Waals surface area (Å²) in [6, 6.07) is 20.8. The molecule has 1 aliphatic rings. The molecule has 1 aliphatic carbocycles. The molecule has 2 aromatic carbocycles. The fourth-order valence-corrected chi connectivity index (χ4v) is 3.97. The van der Waals surface area contributed by atoms with Crippen LogP contribution in [0.3, 0.4) is 0 Å². The van der Waals surface area contributed by atoms with Crippen LogP contribution in [0, 0.1) is 0 Å². The third-order valence-electron chi connectivity index (χ3n) is 5.05. The van der Waals surface area contributed by atoms with Gasteiger partial charge in [0.15, 0.2) is 0 Å². The molecule has 0 spiro atoms. The van der Waals surface area contributed by atoms with Crippen molar-refractivity contribution in [3.05, 3.63) is 89.4 Å². The van der Waals surface area contributed by atoms with Gasteiger partial charge >= 0.3 is 0 Å². The van der Waals surface area contributed by atoms with Crippen LogP contribution in [0.5, 0.6) is 0 Å². The molecule has 154 valence electrons. The second-order valence-electron chi connectivity index (χ2n) is 7.43. The maximum Gasteiger partial charge on any atom is 0.259 e. The fourth-order valence-electron chi connectivity index (χ4n) is 3.25. The molecule has 4 aromatic rings. The Labute approximate surface area is 183 Å². The van der Waals surface area contributed by atoms with Crippen LogP contribution in [0.15, 0.2) is 78.3 Å². The lowest BCUT2D eigenvalue weighted by molar-refractivity contribution is 0.0950. The van der Waals surface area contributed by atoms with Crippen LogP contribution in [-0.2, 0) is 0 Å².